The quantitative estimate of drug-likeness (QED) is 0.619. The number of thiazole rings is 1. The van der Waals surface area contributed by atoms with Gasteiger partial charge >= 0.3 is 0 Å². The summed E-state index contributed by atoms with van der Waals surface area (Å²) in [5, 5.41) is 5.28. The van der Waals surface area contributed by atoms with Crippen molar-refractivity contribution in [1.29, 1.82) is 0 Å². The highest BCUT2D eigenvalue weighted by Gasteiger charge is 2.16. The molecule has 0 bridgehead atoms. The van der Waals surface area contributed by atoms with Gasteiger partial charge in [-0.25, -0.2) is 4.98 Å². The van der Waals surface area contributed by atoms with Crippen LogP contribution in [0.3, 0.4) is 0 Å². The fourth-order valence-electron chi connectivity index (χ4n) is 3.56. The zero-order valence-corrected chi connectivity index (χ0v) is 18.1. The SMILES string of the molecule is CCN1CCN(c2ccc(NC(=O)/C=C/c3c(Cl)nc4sccn34)c(C)c2)CC1. The second kappa shape index (κ2) is 8.57. The maximum atomic E-state index is 12.4. The number of carbonyl (C=O) groups is 1. The van der Waals surface area contributed by atoms with Crippen LogP contribution in [0.2, 0.25) is 5.15 Å². The summed E-state index contributed by atoms with van der Waals surface area (Å²) in [5.74, 6) is -0.196. The number of nitrogens with one attached hydrogen (secondary N) is 1. The lowest BCUT2D eigenvalue weighted by Crippen LogP contribution is -2.46. The van der Waals surface area contributed by atoms with Crippen LogP contribution in [0, 0.1) is 6.92 Å². The van der Waals surface area contributed by atoms with E-state index in [1.807, 2.05) is 29.0 Å². The maximum absolute atomic E-state index is 12.4. The number of anilines is 2. The van der Waals surface area contributed by atoms with E-state index in [0.29, 0.717) is 10.8 Å². The first-order valence-electron chi connectivity index (χ1n) is 9.73. The van der Waals surface area contributed by atoms with Gasteiger partial charge in [-0.1, -0.05) is 18.5 Å². The molecule has 1 aromatic carbocycles. The molecule has 1 amide bonds. The lowest BCUT2D eigenvalue weighted by Gasteiger charge is -2.35. The van der Waals surface area contributed by atoms with E-state index < -0.39 is 0 Å². The minimum Gasteiger partial charge on any atom is -0.369 e. The van der Waals surface area contributed by atoms with Crippen LogP contribution >= 0.6 is 22.9 Å². The molecule has 0 unspecified atom stereocenters. The molecule has 0 aliphatic carbocycles. The summed E-state index contributed by atoms with van der Waals surface area (Å²) in [7, 11) is 0. The van der Waals surface area contributed by atoms with Gasteiger partial charge in [0, 0.05) is 55.2 Å². The van der Waals surface area contributed by atoms with Crippen molar-refractivity contribution in [3.05, 3.63) is 52.3 Å². The predicted octanol–water partition coefficient (Wildman–Crippen LogP) is 4.15. The summed E-state index contributed by atoms with van der Waals surface area (Å²) in [6.45, 7) is 9.58. The van der Waals surface area contributed by atoms with E-state index in [2.05, 4.69) is 39.2 Å². The van der Waals surface area contributed by atoms with E-state index >= 15 is 0 Å². The van der Waals surface area contributed by atoms with Gasteiger partial charge in [0.05, 0.1) is 5.69 Å². The van der Waals surface area contributed by atoms with Crippen LogP contribution in [0.25, 0.3) is 11.0 Å². The van der Waals surface area contributed by atoms with Crippen molar-refractivity contribution in [2.45, 2.75) is 13.8 Å². The van der Waals surface area contributed by atoms with E-state index in [1.165, 1.54) is 23.1 Å². The molecule has 3 aromatic rings. The highest BCUT2D eigenvalue weighted by Crippen LogP contribution is 2.25. The van der Waals surface area contributed by atoms with E-state index in [-0.39, 0.29) is 5.91 Å². The Bertz CT molecular complexity index is 1050. The Balaban J connectivity index is 1.42. The van der Waals surface area contributed by atoms with Crippen LogP contribution in [0.4, 0.5) is 11.4 Å². The molecule has 152 valence electrons. The summed E-state index contributed by atoms with van der Waals surface area (Å²) in [6, 6.07) is 6.20. The molecular weight excluding hydrogens is 406 g/mol. The molecule has 0 radical (unpaired) electrons. The van der Waals surface area contributed by atoms with Gasteiger partial charge < -0.3 is 15.1 Å². The van der Waals surface area contributed by atoms with Crippen molar-refractivity contribution in [3.63, 3.8) is 0 Å². The first-order chi connectivity index (χ1) is 14.0. The predicted molar refractivity (Wildman–Crippen MR) is 121 cm³/mol. The fourth-order valence-corrected chi connectivity index (χ4v) is 4.57. The normalized spacial score (nSPS) is 15.5. The number of aryl methyl sites for hydroxylation is 1. The second-order valence-corrected chi connectivity index (χ2v) is 8.32. The molecule has 1 saturated heterocycles. The number of benzene rings is 1. The van der Waals surface area contributed by atoms with Crippen LogP contribution in [0.1, 0.15) is 18.2 Å². The Kier molecular flexibility index (Phi) is 5.89. The summed E-state index contributed by atoms with van der Waals surface area (Å²) in [6.07, 6.45) is 5.07. The van der Waals surface area contributed by atoms with Crippen LogP contribution in [0.15, 0.2) is 35.9 Å². The maximum Gasteiger partial charge on any atom is 0.248 e. The standard InChI is InChI=1S/C21H24ClN5OS/c1-3-25-8-10-26(11-9-25)16-4-5-17(15(2)14-16)23-19(28)7-6-18-20(22)24-21-27(18)12-13-29-21/h4-7,12-14H,3,8-11H2,1-2H3,(H,23,28)/b7-6+. The lowest BCUT2D eigenvalue weighted by molar-refractivity contribution is -0.111. The highest BCUT2D eigenvalue weighted by atomic mass is 35.5. The number of piperazine rings is 1. The molecule has 2 aromatic heterocycles. The largest absolute Gasteiger partial charge is 0.369 e. The number of rotatable bonds is 5. The monoisotopic (exact) mass is 429 g/mol. The Hall–Kier alpha value is -2.35. The average Bonchev–Trinajstić information content (AvgIpc) is 3.28. The van der Waals surface area contributed by atoms with Gasteiger partial charge in [0.15, 0.2) is 10.1 Å². The van der Waals surface area contributed by atoms with E-state index in [4.69, 9.17) is 11.6 Å². The van der Waals surface area contributed by atoms with E-state index in [1.54, 1.807) is 6.08 Å². The molecule has 4 rings (SSSR count). The number of hydrogen-bond donors (Lipinski definition) is 1. The first-order valence-corrected chi connectivity index (χ1v) is 11.0. The number of aromatic nitrogens is 2. The molecular formula is C21H24ClN5OS. The topological polar surface area (TPSA) is 52.9 Å². The summed E-state index contributed by atoms with van der Waals surface area (Å²) < 4.78 is 1.87. The number of likely N-dealkylation sites (N-methyl/N-ethyl adjacent to an activating group) is 1. The minimum absolute atomic E-state index is 0.196. The van der Waals surface area contributed by atoms with Gasteiger partial charge in [-0.3, -0.25) is 9.20 Å². The Morgan fingerprint density at radius 1 is 1.31 bits per heavy atom. The molecule has 3 heterocycles. The third kappa shape index (κ3) is 4.32. The summed E-state index contributed by atoms with van der Waals surface area (Å²) in [4.78, 5) is 22.4. The Morgan fingerprint density at radius 3 is 2.83 bits per heavy atom. The third-order valence-corrected chi connectivity index (χ3v) is 6.33. The number of imidazole rings is 1. The van der Waals surface area contributed by atoms with Gasteiger partial charge in [0.25, 0.3) is 0 Å². The van der Waals surface area contributed by atoms with Crippen molar-refractivity contribution in [3.8, 4) is 0 Å². The van der Waals surface area contributed by atoms with Gasteiger partial charge in [0.2, 0.25) is 5.91 Å². The molecule has 0 atom stereocenters. The van der Waals surface area contributed by atoms with Gasteiger partial charge in [-0.2, -0.15) is 0 Å². The molecule has 1 aliphatic rings. The molecule has 29 heavy (non-hydrogen) atoms. The zero-order valence-electron chi connectivity index (χ0n) is 16.6. The van der Waals surface area contributed by atoms with Gasteiger partial charge in [0.1, 0.15) is 0 Å². The number of fused-ring (bicyclic) bond motifs is 1. The minimum atomic E-state index is -0.196. The molecule has 1 N–H and O–H groups in total. The molecule has 1 aliphatic heterocycles. The third-order valence-electron chi connectivity index (χ3n) is 5.30. The van der Waals surface area contributed by atoms with Crippen molar-refractivity contribution >= 4 is 51.3 Å². The molecule has 8 heteroatoms. The molecule has 1 fully saturated rings. The van der Waals surface area contributed by atoms with Crippen molar-refractivity contribution in [2.24, 2.45) is 0 Å². The molecule has 0 spiro atoms. The smallest absolute Gasteiger partial charge is 0.248 e. The van der Waals surface area contributed by atoms with E-state index in [9.17, 15) is 4.79 Å². The average molecular weight is 430 g/mol. The van der Waals surface area contributed by atoms with Crippen molar-refractivity contribution in [2.75, 3.05) is 42.9 Å². The first kappa shape index (κ1) is 19.9. The van der Waals surface area contributed by atoms with Crippen LogP contribution < -0.4 is 10.2 Å². The number of amides is 1. The van der Waals surface area contributed by atoms with Gasteiger partial charge in [-0.05, 0) is 43.3 Å². The van der Waals surface area contributed by atoms with Crippen LogP contribution in [-0.4, -0.2) is 52.9 Å². The fraction of sp³-hybridized carbons (Fsp3) is 0.333. The second-order valence-electron chi connectivity index (χ2n) is 7.09. The zero-order chi connectivity index (χ0) is 20.4. The number of halogens is 1. The Labute approximate surface area is 179 Å². The van der Waals surface area contributed by atoms with Crippen LogP contribution in [0.5, 0.6) is 0 Å². The van der Waals surface area contributed by atoms with Crippen LogP contribution in [-0.2, 0) is 4.79 Å². The molecule has 6 nitrogen and oxygen atoms in total. The number of carbonyl (C=O) groups excluding carboxylic acids is 1. The number of nitrogens with zero attached hydrogens (tertiary/aromatic N) is 4. The van der Waals surface area contributed by atoms with Crippen molar-refractivity contribution < 1.29 is 4.79 Å². The number of hydrogen-bond acceptors (Lipinski definition) is 5. The van der Waals surface area contributed by atoms with Gasteiger partial charge in [-0.15, -0.1) is 11.3 Å². The van der Waals surface area contributed by atoms with E-state index in [0.717, 1.165) is 48.9 Å². The highest BCUT2D eigenvalue weighted by molar-refractivity contribution is 7.15. The summed E-state index contributed by atoms with van der Waals surface area (Å²) in [5.41, 5.74) is 3.77. The summed E-state index contributed by atoms with van der Waals surface area (Å²) >= 11 is 7.67. The Morgan fingerprint density at radius 2 is 2.10 bits per heavy atom. The lowest BCUT2D eigenvalue weighted by atomic mass is 10.1. The molecule has 0 saturated carbocycles. The van der Waals surface area contributed by atoms with Crippen molar-refractivity contribution in [1.82, 2.24) is 14.3 Å².